The minimum Gasteiger partial charge on any atom is -0.313 e. The first-order valence-electron chi connectivity index (χ1n) is 7.69. The number of urea groups is 2. The highest BCUT2D eigenvalue weighted by Crippen LogP contribution is 2.19. The Balaban J connectivity index is 1.75. The molecule has 2 aromatic rings. The molecule has 0 aliphatic heterocycles. The number of benzene rings is 2. The van der Waals surface area contributed by atoms with Crippen LogP contribution in [0.5, 0.6) is 0 Å². The Kier molecular flexibility index (Phi) is 7.91. The molecule has 0 saturated heterocycles. The fourth-order valence-corrected chi connectivity index (χ4v) is 2.89. The van der Waals surface area contributed by atoms with Gasteiger partial charge in [-0.1, -0.05) is 12.1 Å². The van der Waals surface area contributed by atoms with E-state index in [0.717, 1.165) is 9.79 Å². The number of carbonyl (C=O) groups is 2. The molecule has 8 heteroatoms. The molecule has 0 fully saturated rings. The molecule has 0 aliphatic rings. The van der Waals surface area contributed by atoms with Gasteiger partial charge in [-0.3, -0.25) is 0 Å². The van der Waals surface area contributed by atoms with E-state index in [1.807, 2.05) is 48.9 Å². The molecule has 0 bridgehead atoms. The number of amides is 4. The summed E-state index contributed by atoms with van der Waals surface area (Å²) in [6.07, 6.45) is 6.64. The Labute approximate surface area is 161 Å². The van der Waals surface area contributed by atoms with Gasteiger partial charge in [-0.25, -0.2) is 9.59 Å². The number of carbonyl (C=O) groups excluding carboxylic acids is 2. The maximum absolute atomic E-state index is 11.8. The van der Waals surface area contributed by atoms with E-state index in [0.29, 0.717) is 11.4 Å². The minimum absolute atomic E-state index is 0.394. The fourth-order valence-electron chi connectivity index (χ4n) is 1.97. The van der Waals surface area contributed by atoms with Crippen molar-refractivity contribution < 1.29 is 9.59 Å². The van der Waals surface area contributed by atoms with Crippen LogP contribution in [0.15, 0.2) is 70.7 Å². The fraction of sp³-hybridized carbons (Fsp3) is 0.111. The Morgan fingerprint density at radius 3 is 1.58 bits per heavy atom. The topological polar surface area (TPSA) is 82.3 Å². The van der Waals surface area contributed by atoms with Gasteiger partial charge in [-0.05, 0) is 48.9 Å². The SMILES string of the molecule is CSc1cccc(NC(=O)N/C=C/NC(=O)Nc2cccc(SC)c2)c1. The molecule has 0 atom stereocenters. The highest BCUT2D eigenvalue weighted by atomic mass is 32.2. The largest absolute Gasteiger partial charge is 0.323 e. The van der Waals surface area contributed by atoms with Crippen molar-refractivity contribution in [2.45, 2.75) is 9.79 Å². The van der Waals surface area contributed by atoms with E-state index in [4.69, 9.17) is 0 Å². The zero-order chi connectivity index (χ0) is 18.8. The molecule has 0 radical (unpaired) electrons. The van der Waals surface area contributed by atoms with Gasteiger partial charge < -0.3 is 21.3 Å². The van der Waals surface area contributed by atoms with E-state index in [1.165, 1.54) is 12.4 Å². The molecular formula is C18H20N4O2S2. The predicted octanol–water partition coefficient (Wildman–Crippen LogP) is 4.54. The van der Waals surface area contributed by atoms with Gasteiger partial charge in [-0.15, -0.1) is 23.5 Å². The zero-order valence-corrected chi connectivity index (χ0v) is 16.0. The highest BCUT2D eigenvalue weighted by molar-refractivity contribution is 7.98. The van der Waals surface area contributed by atoms with Crippen LogP contribution in [-0.4, -0.2) is 24.6 Å². The summed E-state index contributed by atoms with van der Waals surface area (Å²) in [6.45, 7) is 0. The molecule has 0 heterocycles. The standard InChI is InChI=1S/C18H20N4O2S2/c1-25-15-7-3-5-13(11-15)21-17(23)19-9-10-20-18(24)22-14-6-4-8-16(12-14)26-2/h3-12H,1-2H3,(H2,19,21,23)(H2,20,22,24)/b10-9+. The zero-order valence-electron chi connectivity index (χ0n) is 14.4. The summed E-state index contributed by atoms with van der Waals surface area (Å²) >= 11 is 3.19. The number of rotatable bonds is 6. The molecule has 2 rings (SSSR count). The monoisotopic (exact) mass is 388 g/mol. The molecule has 4 amide bonds. The molecule has 0 unspecified atom stereocenters. The van der Waals surface area contributed by atoms with Crippen LogP contribution in [0.4, 0.5) is 21.0 Å². The third kappa shape index (κ3) is 6.73. The summed E-state index contributed by atoms with van der Waals surface area (Å²) in [4.78, 5) is 25.7. The lowest BCUT2D eigenvalue weighted by Gasteiger charge is -2.07. The summed E-state index contributed by atoms with van der Waals surface area (Å²) < 4.78 is 0. The molecule has 26 heavy (non-hydrogen) atoms. The van der Waals surface area contributed by atoms with Crippen molar-refractivity contribution in [2.75, 3.05) is 23.1 Å². The summed E-state index contributed by atoms with van der Waals surface area (Å²) in [6, 6.07) is 14.2. The van der Waals surface area contributed by atoms with E-state index in [2.05, 4.69) is 21.3 Å². The second-order valence-electron chi connectivity index (χ2n) is 4.99. The summed E-state index contributed by atoms with van der Waals surface area (Å²) in [5.74, 6) is 0. The van der Waals surface area contributed by atoms with Crippen LogP contribution in [0.3, 0.4) is 0 Å². The van der Waals surface area contributed by atoms with Crippen molar-refractivity contribution in [2.24, 2.45) is 0 Å². The van der Waals surface area contributed by atoms with Crippen LogP contribution >= 0.6 is 23.5 Å². The highest BCUT2D eigenvalue weighted by Gasteiger charge is 2.01. The van der Waals surface area contributed by atoms with E-state index >= 15 is 0 Å². The van der Waals surface area contributed by atoms with Crippen LogP contribution in [0.2, 0.25) is 0 Å². The Morgan fingerprint density at radius 1 is 0.769 bits per heavy atom. The average Bonchev–Trinajstić information content (AvgIpc) is 2.65. The molecule has 4 N–H and O–H groups in total. The molecule has 0 aromatic heterocycles. The van der Waals surface area contributed by atoms with Crippen LogP contribution in [0.25, 0.3) is 0 Å². The average molecular weight is 389 g/mol. The lowest BCUT2D eigenvalue weighted by atomic mass is 10.3. The lowest BCUT2D eigenvalue weighted by Crippen LogP contribution is -2.27. The Hall–Kier alpha value is -2.58. The number of hydrogen-bond acceptors (Lipinski definition) is 4. The van der Waals surface area contributed by atoms with Crippen molar-refractivity contribution in [3.8, 4) is 0 Å². The molecule has 2 aromatic carbocycles. The van der Waals surface area contributed by atoms with Crippen molar-refractivity contribution in [3.05, 3.63) is 60.9 Å². The van der Waals surface area contributed by atoms with E-state index < -0.39 is 12.1 Å². The first kappa shape index (κ1) is 19.7. The normalized spacial score (nSPS) is 10.4. The third-order valence-corrected chi connectivity index (χ3v) is 4.62. The van der Waals surface area contributed by atoms with Crippen LogP contribution in [-0.2, 0) is 0 Å². The van der Waals surface area contributed by atoms with Gasteiger partial charge in [0.2, 0.25) is 0 Å². The van der Waals surface area contributed by atoms with Crippen LogP contribution in [0.1, 0.15) is 0 Å². The second-order valence-corrected chi connectivity index (χ2v) is 6.75. The van der Waals surface area contributed by atoms with Crippen LogP contribution < -0.4 is 21.3 Å². The van der Waals surface area contributed by atoms with E-state index in [-0.39, 0.29) is 0 Å². The maximum Gasteiger partial charge on any atom is 0.323 e. The van der Waals surface area contributed by atoms with E-state index in [1.54, 1.807) is 35.7 Å². The predicted molar refractivity (Wildman–Crippen MR) is 110 cm³/mol. The summed E-state index contributed by atoms with van der Waals surface area (Å²) in [5.41, 5.74) is 1.39. The molecule has 0 spiro atoms. The van der Waals surface area contributed by atoms with Gasteiger partial charge in [0.15, 0.2) is 0 Å². The second kappa shape index (κ2) is 10.4. The number of hydrogen-bond donors (Lipinski definition) is 4. The number of anilines is 2. The summed E-state index contributed by atoms with van der Waals surface area (Å²) in [5, 5.41) is 10.5. The Morgan fingerprint density at radius 2 is 1.19 bits per heavy atom. The van der Waals surface area contributed by atoms with Crippen molar-refractivity contribution >= 4 is 47.0 Å². The molecule has 6 nitrogen and oxygen atoms in total. The van der Waals surface area contributed by atoms with Crippen molar-refractivity contribution in [1.29, 1.82) is 0 Å². The first-order chi connectivity index (χ1) is 12.6. The van der Waals surface area contributed by atoms with Gasteiger partial charge >= 0.3 is 12.1 Å². The minimum atomic E-state index is -0.394. The number of thioether (sulfide) groups is 2. The van der Waals surface area contributed by atoms with Gasteiger partial charge in [0.05, 0.1) is 0 Å². The first-order valence-corrected chi connectivity index (χ1v) is 10.1. The molecule has 136 valence electrons. The number of nitrogens with one attached hydrogen (secondary N) is 4. The Bertz CT molecular complexity index is 731. The van der Waals surface area contributed by atoms with Crippen molar-refractivity contribution in [3.63, 3.8) is 0 Å². The summed E-state index contributed by atoms with van der Waals surface area (Å²) in [7, 11) is 0. The quantitative estimate of drug-likeness (QED) is 0.548. The van der Waals surface area contributed by atoms with Gasteiger partial charge in [0.1, 0.15) is 0 Å². The van der Waals surface area contributed by atoms with E-state index in [9.17, 15) is 9.59 Å². The third-order valence-electron chi connectivity index (χ3n) is 3.17. The smallest absolute Gasteiger partial charge is 0.313 e. The van der Waals surface area contributed by atoms with Crippen molar-refractivity contribution in [1.82, 2.24) is 10.6 Å². The molecule has 0 saturated carbocycles. The van der Waals surface area contributed by atoms with Crippen LogP contribution in [0, 0.1) is 0 Å². The maximum atomic E-state index is 11.8. The molecular weight excluding hydrogens is 368 g/mol. The molecule has 0 aliphatic carbocycles. The lowest BCUT2D eigenvalue weighted by molar-refractivity contribution is 0.253. The van der Waals surface area contributed by atoms with Gasteiger partial charge in [-0.2, -0.15) is 0 Å². The van der Waals surface area contributed by atoms with Gasteiger partial charge in [0.25, 0.3) is 0 Å². The van der Waals surface area contributed by atoms with Gasteiger partial charge in [0, 0.05) is 33.6 Å².